The minimum Gasteiger partial charge on any atom is -0.505 e. The summed E-state index contributed by atoms with van der Waals surface area (Å²) in [6.45, 7) is 5.14. The van der Waals surface area contributed by atoms with E-state index in [0.29, 0.717) is 6.29 Å². The monoisotopic (exact) mass is 267 g/mol. The summed E-state index contributed by atoms with van der Waals surface area (Å²) in [6.07, 6.45) is -0.265. The minimum absolute atomic E-state index is 0.00125. The molecule has 0 unspecified atom stereocenters. The Hall–Kier alpha value is -2.24. The van der Waals surface area contributed by atoms with Crippen molar-refractivity contribution >= 4 is 18.1 Å². The number of aldehydes is 1. The number of carbonyl (C=O) groups is 2. The molecule has 6 heteroatoms. The number of anilines is 1. The van der Waals surface area contributed by atoms with Gasteiger partial charge in [-0.3, -0.25) is 10.1 Å². The van der Waals surface area contributed by atoms with Crippen molar-refractivity contribution in [1.29, 1.82) is 0 Å². The normalized spacial score (nSPS) is 10.7. The van der Waals surface area contributed by atoms with Crippen LogP contribution in [0.1, 0.15) is 31.1 Å². The molecule has 1 aromatic rings. The van der Waals surface area contributed by atoms with Crippen molar-refractivity contribution in [2.45, 2.75) is 26.4 Å². The van der Waals surface area contributed by atoms with Crippen molar-refractivity contribution < 1.29 is 24.2 Å². The fraction of sp³-hybridized carbons (Fsp3) is 0.385. The fourth-order valence-corrected chi connectivity index (χ4v) is 1.38. The van der Waals surface area contributed by atoms with Crippen LogP contribution in [0.4, 0.5) is 10.5 Å². The molecule has 0 radical (unpaired) electrons. The molecule has 0 atom stereocenters. The second-order valence-electron chi connectivity index (χ2n) is 4.83. The SMILES string of the molecule is COc1ccc(C=O)c(O)c1NC(=O)OC(C)(C)C. The summed E-state index contributed by atoms with van der Waals surface area (Å²) in [5.74, 6) is -0.130. The summed E-state index contributed by atoms with van der Waals surface area (Å²) in [4.78, 5) is 22.4. The molecule has 104 valence electrons. The molecule has 1 aromatic carbocycles. The highest BCUT2D eigenvalue weighted by atomic mass is 16.6. The van der Waals surface area contributed by atoms with Crippen LogP contribution >= 0.6 is 0 Å². The minimum atomic E-state index is -0.746. The Kier molecular flexibility index (Phi) is 4.37. The highest BCUT2D eigenvalue weighted by molar-refractivity contribution is 5.93. The lowest BCUT2D eigenvalue weighted by atomic mass is 10.1. The molecule has 0 saturated heterocycles. The predicted molar refractivity (Wildman–Crippen MR) is 69.9 cm³/mol. The molecule has 6 nitrogen and oxygen atoms in total. The van der Waals surface area contributed by atoms with Gasteiger partial charge in [-0.05, 0) is 32.9 Å². The van der Waals surface area contributed by atoms with Crippen LogP contribution < -0.4 is 10.1 Å². The highest BCUT2D eigenvalue weighted by Crippen LogP contribution is 2.36. The molecule has 0 saturated carbocycles. The third-order valence-corrected chi connectivity index (χ3v) is 2.14. The van der Waals surface area contributed by atoms with E-state index >= 15 is 0 Å². The third-order valence-electron chi connectivity index (χ3n) is 2.14. The Morgan fingerprint density at radius 1 is 1.37 bits per heavy atom. The molecule has 0 heterocycles. The van der Waals surface area contributed by atoms with E-state index in [4.69, 9.17) is 9.47 Å². The van der Waals surface area contributed by atoms with Crippen molar-refractivity contribution in [3.63, 3.8) is 0 Å². The molecule has 2 N–H and O–H groups in total. The first-order valence-corrected chi connectivity index (χ1v) is 5.63. The number of amides is 1. The van der Waals surface area contributed by atoms with Crippen molar-refractivity contribution in [2.75, 3.05) is 12.4 Å². The van der Waals surface area contributed by atoms with Crippen LogP contribution in [0, 0.1) is 0 Å². The van der Waals surface area contributed by atoms with E-state index in [1.807, 2.05) is 0 Å². The molecule has 0 fully saturated rings. The molecule has 0 bridgehead atoms. The first kappa shape index (κ1) is 14.8. The Morgan fingerprint density at radius 3 is 2.47 bits per heavy atom. The van der Waals surface area contributed by atoms with Crippen LogP contribution in [-0.4, -0.2) is 30.2 Å². The lowest BCUT2D eigenvalue weighted by Crippen LogP contribution is -2.27. The molecule has 0 aromatic heterocycles. The second kappa shape index (κ2) is 5.60. The van der Waals surface area contributed by atoms with Gasteiger partial charge in [-0.15, -0.1) is 0 Å². The van der Waals surface area contributed by atoms with E-state index in [0.717, 1.165) is 0 Å². The molecule has 0 aliphatic rings. The third kappa shape index (κ3) is 3.87. The van der Waals surface area contributed by atoms with Crippen LogP contribution in [0.15, 0.2) is 12.1 Å². The first-order valence-electron chi connectivity index (χ1n) is 5.63. The number of hydrogen-bond acceptors (Lipinski definition) is 5. The zero-order chi connectivity index (χ0) is 14.6. The maximum atomic E-state index is 11.7. The number of carbonyl (C=O) groups excluding carboxylic acids is 2. The molecule has 19 heavy (non-hydrogen) atoms. The van der Waals surface area contributed by atoms with Gasteiger partial charge in [0.25, 0.3) is 0 Å². The van der Waals surface area contributed by atoms with Gasteiger partial charge in [0, 0.05) is 0 Å². The number of benzene rings is 1. The van der Waals surface area contributed by atoms with Crippen molar-refractivity contribution in [2.24, 2.45) is 0 Å². The second-order valence-corrected chi connectivity index (χ2v) is 4.83. The summed E-state index contributed by atoms with van der Waals surface area (Å²) >= 11 is 0. The number of ether oxygens (including phenoxy) is 2. The maximum Gasteiger partial charge on any atom is 0.412 e. The van der Waals surface area contributed by atoms with Crippen molar-refractivity contribution in [1.82, 2.24) is 0 Å². The predicted octanol–water partition coefficient (Wildman–Crippen LogP) is 2.56. The first-order chi connectivity index (χ1) is 8.78. The molecule has 0 aliphatic carbocycles. The Balaban J connectivity index is 3.05. The molecule has 1 rings (SSSR count). The number of methoxy groups -OCH3 is 1. The maximum absolute atomic E-state index is 11.7. The van der Waals surface area contributed by atoms with Crippen LogP contribution in [-0.2, 0) is 4.74 Å². The van der Waals surface area contributed by atoms with E-state index in [2.05, 4.69) is 5.32 Å². The number of phenols is 1. The van der Waals surface area contributed by atoms with Crippen LogP contribution in [0.25, 0.3) is 0 Å². The summed E-state index contributed by atoms with van der Waals surface area (Å²) in [6, 6.07) is 2.86. The molecule has 0 spiro atoms. The zero-order valence-electron chi connectivity index (χ0n) is 11.3. The highest BCUT2D eigenvalue weighted by Gasteiger charge is 2.20. The number of rotatable bonds is 3. The van der Waals surface area contributed by atoms with E-state index < -0.39 is 11.7 Å². The summed E-state index contributed by atoms with van der Waals surface area (Å²) in [5, 5.41) is 12.2. The molecular weight excluding hydrogens is 250 g/mol. The Bertz CT molecular complexity index is 491. The van der Waals surface area contributed by atoms with Crippen LogP contribution in [0.2, 0.25) is 0 Å². The van der Waals surface area contributed by atoms with Gasteiger partial charge < -0.3 is 14.6 Å². The summed E-state index contributed by atoms with van der Waals surface area (Å²) in [7, 11) is 1.38. The van der Waals surface area contributed by atoms with Crippen molar-refractivity contribution in [3.8, 4) is 11.5 Å². The lowest BCUT2D eigenvalue weighted by molar-refractivity contribution is 0.0634. The Morgan fingerprint density at radius 2 is 2.00 bits per heavy atom. The number of nitrogens with one attached hydrogen (secondary N) is 1. The fourth-order valence-electron chi connectivity index (χ4n) is 1.38. The summed E-state index contributed by atoms with van der Waals surface area (Å²) < 4.78 is 10.1. The molecule has 1 amide bonds. The van der Waals surface area contributed by atoms with Crippen molar-refractivity contribution in [3.05, 3.63) is 17.7 Å². The number of aromatic hydroxyl groups is 1. The molecule has 0 aliphatic heterocycles. The molecular formula is C13H17NO5. The topological polar surface area (TPSA) is 84.9 Å². The van der Waals surface area contributed by atoms with Gasteiger partial charge in [0.15, 0.2) is 12.0 Å². The number of phenolic OH excluding ortho intramolecular Hbond substituents is 1. The van der Waals surface area contributed by atoms with E-state index in [1.165, 1.54) is 19.2 Å². The van der Waals surface area contributed by atoms with Gasteiger partial charge in [0.1, 0.15) is 17.0 Å². The van der Waals surface area contributed by atoms with Crippen LogP contribution in [0.5, 0.6) is 11.5 Å². The number of hydrogen-bond donors (Lipinski definition) is 2. The lowest BCUT2D eigenvalue weighted by Gasteiger charge is -2.20. The van der Waals surface area contributed by atoms with Gasteiger partial charge in [0.2, 0.25) is 0 Å². The van der Waals surface area contributed by atoms with E-state index in [1.54, 1.807) is 20.8 Å². The van der Waals surface area contributed by atoms with Gasteiger partial charge >= 0.3 is 6.09 Å². The standard InChI is InChI=1S/C13H17NO5/c1-13(2,3)19-12(17)14-10-9(18-4)6-5-8(7-15)11(10)16/h5-7,16H,1-4H3,(H,14,17). The quantitative estimate of drug-likeness (QED) is 0.649. The van der Waals surface area contributed by atoms with Gasteiger partial charge in [-0.2, -0.15) is 0 Å². The van der Waals surface area contributed by atoms with Crippen LogP contribution in [0.3, 0.4) is 0 Å². The average Bonchev–Trinajstić information content (AvgIpc) is 2.29. The van der Waals surface area contributed by atoms with E-state index in [-0.39, 0.29) is 22.7 Å². The average molecular weight is 267 g/mol. The smallest absolute Gasteiger partial charge is 0.412 e. The Labute approximate surface area is 111 Å². The van der Waals surface area contributed by atoms with Gasteiger partial charge in [-0.25, -0.2) is 4.79 Å². The largest absolute Gasteiger partial charge is 0.505 e. The summed E-state index contributed by atoms with van der Waals surface area (Å²) in [5.41, 5.74) is -0.622. The van der Waals surface area contributed by atoms with Gasteiger partial charge in [0.05, 0.1) is 12.7 Å². The zero-order valence-corrected chi connectivity index (χ0v) is 11.3. The van der Waals surface area contributed by atoms with E-state index in [9.17, 15) is 14.7 Å². The van der Waals surface area contributed by atoms with Gasteiger partial charge in [-0.1, -0.05) is 0 Å².